The van der Waals surface area contributed by atoms with Gasteiger partial charge in [-0.05, 0) is 83.9 Å². The standard InChI is InChI=1S/C49H34N2/c1-49(2)46-39-26-13-11-24-37(39)41(29-42(46)45-38-25-12-9-22-35(38)36-23-10-14-27-40(36)47(45)49)33-20-15-21-34(28-33)44-30-43(31-16-5-3-6-17-31)50-48(51-44)32-18-7-4-8-19-32/h3-30H,1-2H3. The van der Waals surface area contributed by atoms with Crippen molar-refractivity contribution in [2.75, 3.05) is 0 Å². The van der Waals surface area contributed by atoms with Gasteiger partial charge in [-0.2, -0.15) is 0 Å². The average Bonchev–Trinajstić information content (AvgIpc) is 3.45. The Morgan fingerprint density at radius 1 is 0.353 bits per heavy atom. The molecule has 0 spiro atoms. The fourth-order valence-corrected chi connectivity index (χ4v) is 8.59. The van der Waals surface area contributed by atoms with E-state index in [2.05, 4.69) is 159 Å². The third kappa shape index (κ3) is 4.57. The highest BCUT2D eigenvalue weighted by Gasteiger charge is 2.40. The van der Waals surface area contributed by atoms with Gasteiger partial charge >= 0.3 is 0 Å². The van der Waals surface area contributed by atoms with E-state index in [1.807, 2.05) is 24.3 Å². The molecule has 0 saturated heterocycles. The van der Waals surface area contributed by atoms with E-state index in [4.69, 9.17) is 9.97 Å². The Morgan fingerprint density at radius 2 is 0.843 bits per heavy atom. The lowest BCUT2D eigenvalue weighted by Crippen LogP contribution is -2.16. The van der Waals surface area contributed by atoms with Crippen molar-refractivity contribution in [3.63, 3.8) is 0 Å². The van der Waals surface area contributed by atoms with Gasteiger partial charge in [0.2, 0.25) is 0 Å². The first-order chi connectivity index (χ1) is 25.1. The van der Waals surface area contributed by atoms with Crippen LogP contribution >= 0.6 is 0 Å². The van der Waals surface area contributed by atoms with E-state index in [0.717, 1.165) is 33.9 Å². The van der Waals surface area contributed by atoms with Crippen LogP contribution in [0.5, 0.6) is 0 Å². The molecule has 1 aliphatic carbocycles. The topological polar surface area (TPSA) is 25.8 Å². The van der Waals surface area contributed by atoms with E-state index >= 15 is 0 Å². The van der Waals surface area contributed by atoms with Gasteiger partial charge in [0.1, 0.15) is 0 Å². The van der Waals surface area contributed by atoms with E-state index in [1.165, 1.54) is 65.7 Å². The van der Waals surface area contributed by atoms with Gasteiger partial charge in [0, 0.05) is 22.1 Å². The number of fused-ring (bicyclic) bond motifs is 10. The largest absolute Gasteiger partial charge is 0.228 e. The maximum atomic E-state index is 5.16. The molecule has 0 N–H and O–H groups in total. The van der Waals surface area contributed by atoms with Gasteiger partial charge < -0.3 is 0 Å². The van der Waals surface area contributed by atoms with Gasteiger partial charge in [-0.1, -0.05) is 166 Å². The number of rotatable bonds is 4. The van der Waals surface area contributed by atoms with Crippen LogP contribution in [0, 0.1) is 0 Å². The van der Waals surface area contributed by atoms with Crippen molar-refractivity contribution in [1.29, 1.82) is 0 Å². The Kier molecular flexibility index (Phi) is 6.56. The van der Waals surface area contributed by atoms with Crippen molar-refractivity contribution in [2.45, 2.75) is 19.3 Å². The lowest BCUT2D eigenvalue weighted by Gasteiger charge is -2.25. The summed E-state index contributed by atoms with van der Waals surface area (Å²) in [4.78, 5) is 10.2. The third-order valence-electron chi connectivity index (χ3n) is 10.8. The summed E-state index contributed by atoms with van der Waals surface area (Å²) < 4.78 is 0. The van der Waals surface area contributed by atoms with Gasteiger partial charge in [0.05, 0.1) is 11.4 Å². The molecule has 10 rings (SSSR count). The second-order valence-electron chi connectivity index (χ2n) is 14.1. The quantitative estimate of drug-likeness (QED) is 0.177. The van der Waals surface area contributed by atoms with Crippen LogP contribution in [0.4, 0.5) is 0 Å². The predicted octanol–water partition coefficient (Wildman–Crippen LogP) is 12.9. The van der Waals surface area contributed by atoms with Crippen molar-refractivity contribution in [2.24, 2.45) is 0 Å². The highest BCUT2D eigenvalue weighted by molar-refractivity contribution is 6.20. The molecular weight excluding hydrogens is 617 g/mol. The summed E-state index contributed by atoms with van der Waals surface area (Å²) in [6, 6.07) is 61.0. The second-order valence-corrected chi connectivity index (χ2v) is 14.1. The maximum absolute atomic E-state index is 5.16. The number of nitrogens with zero attached hydrogens (tertiary/aromatic N) is 2. The third-order valence-corrected chi connectivity index (χ3v) is 10.8. The van der Waals surface area contributed by atoms with Crippen LogP contribution in [0.1, 0.15) is 25.0 Å². The molecule has 0 radical (unpaired) electrons. The Balaban J connectivity index is 1.22. The van der Waals surface area contributed by atoms with E-state index in [1.54, 1.807) is 0 Å². The smallest absolute Gasteiger partial charge is 0.160 e. The first kappa shape index (κ1) is 29.5. The first-order valence-electron chi connectivity index (χ1n) is 17.7. The van der Waals surface area contributed by atoms with E-state index in [0.29, 0.717) is 0 Å². The fourth-order valence-electron chi connectivity index (χ4n) is 8.59. The normalized spacial score (nSPS) is 13.1. The van der Waals surface area contributed by atoms with Crippen molar-refractivity contribution in [1.82, 2.24) is 9.97 Å². The van der Waals surface area contributed by atoms with Gasteiger partial charge in [-0.25, -0.2) is 9.97 Å². The van der Waals surface area contributed by atoms with E-state index in [-0.39, 0.29) is 5.41 Å². The monoisotopic (exact) mass is 650 g/mol. The molecule has 0 atom stereocenters. The molecule has 1 aromatic heterocycles. The van der Waals surface area contributed by atoms with Gasteiger partial charge in [-0.3, -0.25) is 0 Å². The van der Waals surface area contributed by atoms with Crippen molar-refractivity contribution >= 4 is 32.3 Å². The number of aromatic nitrogens is 2. The minimum Gasteiger partial charge on any atom is -0.228 e. The second kappa shape index (κ2) is 11.3. The van der Waals surface area contributed by atoms with Gasteiger partial charge in [0.25, 0.3) is 0 Å². The molecule has 0 fully saturated rings. The molecule has 1 heterocycles. The van der Waals surface area contributed by atoms with Crippen LogP contribution in [0.2, 0.25) is 0 Å². The zero-order valence-corrected chi connectivity index (χ0v) is 28.6. The maximum Gasteiger partial charge on any atom is 0.160 e. The zero-order valence-electron chi connectivity index (χ0n) is 28.6. The molecule has 2 heteroatoms. The molecule has 1 aliphatic rings. The fraction of sp³-hybridized carbons (Fsp3) is 0.0612. The summed E-state index contributed by atoms with van der Waals surface area (Å²) in [6.45, 7) is 4.82. The molecular formula is C49H34N2. The van der Waals surface area contributed by atoms with Crippen molar-refractivity contribution in [3.05, 3.63) is 181 Å². The number of hydrogen-bond donors (Lipinski definition) is 0. The molecule has 0 aliphatic heterocycles. The highest BCUT2D eigenvalue weighted by Crippen LogP contribution is 2.57. The SMILES string of the molecule is CC1(C)c2c(cc(-c3cccc(-c4cc(-c5ccccc5)nc(-c5ccccc5)n4)c3)c3ccccc23)-c2c1c1ccccc1c1ccccc21. The Hall–Kier alpha value is -6.38. The summed E-state index contributed by atoms with van der Waals surface area (Å²) in [5.74, 6) is 0.721. The Morgan fingerprint density at radius 3 is 1.53 bits per heavy atom. The lowest BCUT2D eigenvalue weighted by atomic mass is 9.77. The van der Waals surface area contributed by atoms with E-state index in [9.17, 15) is 0 Å². The van der Waals surface area contributed by atoms with Crippen molar-refractivity contribution < 1.29 is 0 Å². The van der Waals surface area contributed by atoms with Gasteiger partial charge in [-0.15, -0.1) is 0 Å². The zero-order chi connectivity index (χ0) is 34.1. The molecule has 51 heavy (non-hydrogen) atoms. The Bertz CT molecular complexity index is 2760. The molecule has 0 bridgehead atoms. The molecule has 240 valence electrons. The molecule has 0 saturated carbocycles. The van der Waals surface area contributed by atoms with E-state index < -0.39 is 0 Å². The average molecular weight is 651 g/mol. The minimum absolute atomic E-state index is 0.184. The molecule has 2 nitrogen and oxygen atoms in total. The predicted molar refractivity (Wildman–Crippen MR) is 214 cm³/mol. The molecule has 0 unspecified atom stereocenters. The van der Waals surface area contributed by atoms with Crippen LogP contribution in [0.15, 0.2) is 170 Å². The van der Waals surface area contributed by atoms with Gasteiger partial charge in [0.15, 0.2) is 5.82 Å². The van der Waals surface area contributed by atoms with Crippen LogP contribution < -0.4 is 0 Å². The van der Waals surface area contributed by atoms with Crippen LogP contribution in [0.3, 0.4) is 0 Å². The number of hydrogen-bond acceptors (Lipinski definition) is 2. The Labute approximate surface area is 297 Å². The number of benzene rings is 8. The van der Waals surface area contributed by atoms with Crippen LogP contribution in [0.25, 0.3) is 88.5 Å². The molecule has 0 amide bonds. The van der Waals surface area contributed by atoms with Crippen LogP contribution in [-0.4, -0.2) is 9.97 Å². The molecule has 8 aromatic carbocycles. The lowest BCUT2D eigenvalue weighted by molar-refractivity contribution is 0.672. The summed E-state index contributed by atoms with van der Waals surface area (Å²) in [7, 11) is 0. The van der Waals surface area contributed by atoms with Crippen LogP contribution in [-0.2, 0) is 5.41 Å². The molecule has 9 aromatic rings. The van der Waals surface area contributed by atoms with Crippen molar-refractivity contribution in [3.8, 4) is 56.2 Å². The summed E-state index contributed by atoms with van der Waals surface area (Å²) in [5.41, 5.74) is 12.7. The first-order valence-corrected chi connectivity index (χ1v) is 17.7. The highest BCUT2D eigenvalue weighted by atomic mass is 14.9. The summed E-state index contributed by atoms with van der Waals surface area (Å²) >= 11 is 0. The summed E-state index contributed by atoms with van der Waals surface area (Å²) in [5, 5.41) is 7.85. The minimum atomic E-state index is -0.184. The summed E-state index contributed by atoms with van der Waals surface area (Å²) in [6.07, 6.45) is 0.